The summed E-state index contributed by atoms with van der Waals surface area (Å²) in [4.78, 5) is 12.3. The zero-order valence-corrected chi connectivity index (χ0v) is 15.3. The minimum atomic E-state index is -0.398. The van der Waals surface area contributed by atoms with Crippen LogP contribution in [0.2, 0.25) is 0 Å². The zero-order valence-electron chi connectivity index (χ0n) is 15.3. The fourth-order valence-electron chi connectivity index (χ4n) is 2.49. The summed E-state index contributed by atoms with van der Waals surface area (Å²) < 4.78 is 16.3. The van der Waals surface area contributed by atoms with Crippen molar-refractivity contribution >= 4 is 5.97 Å². The van der Waals surface area contributed by atoms with E-state index in [4.69, 9.17) is 14.0 Å². The molecule has 134 valence electrons. The van der Waals surface area contributed by atoms with Gasteiger partial charge in [0, 0.05) is 0 Å². The molecular formula is C21H21NO4. The number of benzene rings is 2. The highest BCUT2D eigenvalue weighted by Gasteiger charge is 2.11. The van der Waals surface area contributed by atoms with Crippen LogP contribution in [0.5, 0.6) is 11.5 Å². The first-order valence-corrected chi connectivity index (χ1v) is 8.38. The van der Waals surface area contributed by atoms with Crippen LogP contribution in [-0.2, 0) is 6.61 Å². The molecular weight excluding hydrogens is 330 g/mol. The van der Waals surface area contributed by atoms with E-state index in [2.05, 4.69) is 5.16 Å². The van der Waals surface area contributed by atoms with E-state index >= 15 is 0 Å². The molecule has 3 rings (SSSR count). The number of hydrogen-bond donors (Lipinski definition) is 0. The van der Waals surface area contributed by atoms with Gasteiger partial charge in [-0.25, -0.2) is 4.79 Å². The van der Waals surface area contributed by atoms with Crippen molar-refractivity contribution in [3.05, 3.63) is 76.2 Å². The Balaban J connectivity index is 1.63. The van der Waals surface area contributed by atoms with Gasteiger partial charge in [0.15, 0.2) is 0 Å². The molecule has 1 aromatic heterocycles. The van der Waals surface area contributed by atoms with Crippen molar-refractivity contribution in [2.24, 2.45) is 0 Å². The van der Waals surface area contributed by atoms with Crippen molar-refractivity contribution in [2.75, 3.05) is 0 Å². The number of ether oxygens (including phenoxy) is 2. The number of aryl methyl sites for hydroxylation is 4. The van der Waals surface area contributed by atoms with Gasteiger partial charge in [0.2, 0.25) is 0 Å². The summed E-state index contributed by atoms with van der Waals surface area (Å²) in [5, 5.41) is 3.90. The third kappa shape index (κ3) is 3.94. The molecule has 0 N–H and O–H groups in total. The molecule has 0 fully saturated rings. The van der Waals surface area contributed by atoms with Crippen molar-refractivity contribution in [1.82, 2.24) is 5.16 Å². The second-order valence-electron chi connectivity index (χ2n) is 6.25. The van der Waals surface area contributed by atoms with Crippen molar-refractivity contribution in [3.8, 4) is 11.5 Å². The van der Waals surface area contributed by atoms with Crippen LogP contribution in [0.3, 0.4) is 0 Å². The average Bonchev–Trinajstić information content (AvgIpc) is 2.95. The summed E-state index contributed by atoms with van der Waals surface area (Å²) >= 11 is 0. The van der Waals surface area contributed by atoms with Gasteiger partial charge in [0.25, 0.3) is 0 Å². The summed E-state index contributed by atoms with van der Waals surface area (Å²) in [7, 11) is 0. The highest BCUT2D eigenvalue weighted by molar-refractivity contribution is 5.91. The Bertz CT molecular complexity index is 906. The van der Waals surface area contributed by atoms with Gasteiger partial charge in [-0.2, -0.15) is 0 Å². The van der Waals surface area contributed by atoms with Crippen LogP contribution >= 0.6 is 0 Å². The summed E-state index contributed by atoms with van der Waals surface area (Å²) in [6, 6.07) is 12.4. The number of carbonyl (C=O) groups excluding carboxylic acids is 1. The molecule has 5 heteroatoms. The Morgan fingerprint density at radius 2 is 1.65 bits per heavy atom. The van der Waals surface area contributed by atoms with Crippen molar-refractivity contribution in [1.29, 1.82) is 0 Å². The Kier molecular flexibility index (Phi) is 5.07. The molecule has 5 nitrogen and oxygen atoms in total. The van der Waals surface area contributed by atoms with Crippen molar-refractivity contribution in [3.63, 3.8) is 0 Å². The quantitative estimate of drug-likeness (QED) is 0.492. The Morgan fingerprint density at radius 1 is 0.962 bits per heavy atom. The van der Waals surface area contributed by atoms with E-state index in [0.29, 0.717) is 23.7 Å². The topological polar surface area (TPSA) is 61.6 Å². The van der Waals surface area contributed by atoms with Gasteiger partial charge in [-0.15, -0.1) is 0 Å². The third-order valence-electron chi connectivity index (χ3n) is 4.34. The lowest BCUT2D eigenvalue weighted by atomic mass is 10.1. The van der Waals surface area contributed by atoms with Crippen molar-refractivity contribution < 1.29 is 18.8 Å². The molecule has 3 aromatic rings. The van der Waals surface area contributed by atoms with Crippen LogP contribution in [0.15, 0.2) is 47.0 Å². The van der Waals surface area contributed by atoms with Crippen LogP contribution in [0, 0.1) is 27.7 Å². The predicted octanol–water partition coefficient (Wildman–Crippen LogP) is 4.71. The molecule has 2 aromatic carbocycles. The van der Waals surface area contributed by atoms with E-state index in [1.54, 1.807) is 30.3 Å². The van der Waals surface area contributed by atoms with E-state index in [-0.39, 0.29) is 0 Å². The van der Waals surface area contributed by atoms with E-state index in [1.807, 2.05) is 39.8 Å². The highest BCUT2D eigenvalue weighted by Crippen LogP contribution is 2.20. The highest BCUT2D eigenvalue weighted by atomic mass is 16.5. The van der Waals surface area contributed by atoms with E-state index in [0.717, 1.165) is 28.1 Å². The molecule has 0 radical (unpaired) electrons. The maximum Gasteiger partial charge on any atom is 0.343 e. The van der Waals surface area contributed by atoms with E-state index in [1.165, 1.54) is 0 Å². The average molecular weight is 351 g/mol. The number of hydrogen-bond acceptors (Lipinski definition) is 5. The number of rotatable bonds is 5. The molecule has 0 saturated carbocycles. The number of carbonyl (C=O) groups is 1. The van der Waals surface area contributed by atoms with Crippen molar-refractivity contribution in [2.45, 2.75) is 34.3 Å². The maximum atomic E-state index is 12.3. The lowest BCUT2D eigenvalue weighted by Gasteiger charge is -2.08. The first-order valence-electron chi connectivity index (χ1n) is 8.38. The normalized spacial score (nSPS) is 10.6. The fraction of sp³-hybridized carbons (Fsp3) is 0.238. The van der Waals surface area contributed by atoms with Crippen LogP contribution in [-0.4, -0.2) is 11.1 Å². The Hall–Kier alpha value is -3.08. The predicted molar refractivity (Wildman–Crippen MR) is 97.6 cm³/mol. The van der Waals surface area contributed by atoms with E-state index in [9.17, 15) is 4.79 Å². The minimum Gasteiger partial charge on any atom is -0.489 e. The number of nitrogens with zero attached hydrogens (tertiary/aromatic N) is 1. The molecule has 0 bridgehead atoms. The molecule has 0 amide bonds. The second kappa shape index (κ2) is 7.44. The molecule has 0 aliphatic heterocycles. The van der Waals surface area contributed by atoms with Gasteiger partial charge in [0.05, 0.1) is 16.8 Å². The minimum absolute atomic E-state index is 0.369. The van der Waals surface area contributed by atoms with Gasteiger partial charge >= 0.3 is 5.97 Å². The van der Waals surface area contributed by atoms with Gasteiger partial charge in [0.1, 0.15) is 23.9 Å². The summed E-state index contributed by atoms with van der Waals surface area (Å²) in [6.45, 7) is 8.10. The zero-order chi connectivity index (χ0) is 18.7. The van der Waals surface area contributed by atoms with Crippen LogP contribution in [0.25, 0.3) is 0 Å². The Labute approximate surface area is 152 Å². The summed E-state index contributed by atoms with van der Waals surface area (Å²) in [5.41, 5.74) is 4.45. The SMILES string of the molecule is Cc1ccc(OC(=O)c2ccc(OCc3c(C)noc3C)cc2)cc1C. The lowest BCUT2D eigenvalue weighted by Crippen LogP contribution is -2.08. The molecule has 0 atom stereocenters. The monoisotopic (exact) mass is 351 g/mol. The molecule has 0 saturated heterocycles. The fourth-order valence-corrected chi connectivity index (χ4v) is 2.49. The third-order valence-corrected chi connectivity index (χ3v) is 4.34. The first-order chi connectivity index (χ1) is 12.4. The smallest absolute Gasteiger partial charge is 0.343 e. The summed E-state index contributed by atoms with van der Waals surface area (Å²) in [5.74, 6) is 1.55. The van der Waals surface area contributed by atoms with Gasteiger partial charge in [-0.1, -0.05) is 11.2 Å². The molecule has 0 aliphatic carbocycles. The molecule has 26 heavy (non-hydrogen) atoms. The largest absolute Gasteiger partial charge is 0.489 e. The van der Waals surface area contributed by atoms with Crippen LogP contribution in [0.4, 0.5) is 0 Å². The standard InChI is InChI=1S/C21H21NO4/c1-13-5-8-19(11-14(13)2)25-21(23)17-6-9-18(10-7-17)24-12-20-15(3)22-26-16(20)4/h5-11H,12H2,1-4H3. The Morgan fingerprint density at radius 3 is 2.27 bits per heavy atom. The summed E-state index contributed by atoms with van der Waals surface area (Å²) in [6.07, 6.45) is 0. The molecule has 0 unspecified atom stereocenters. The van der Waals surface area contributed by atoms with Crippen LogP contribution in [0.1, 0.15) is 38.5 Å². The van der Waals surface area contributed by atoms with Gasteiger partial charge < -0.3 is 14.0 Å². The van der Waals surface area contributed by atoms with Crippen LogP contribution < -0.4 is 9.47 Å². The lowest BCUT2D eigenvalue weighted by molar-refractivity contribution is 0.0734. The first kappa shape index (κ1) is 17.7. The van der Waals surface area contributed by atoms with Gasteiger partial charge in [-0.3, -0.25) is 0 Å². The second-order valence-corrected chi connectivity index (χ2v) is 6.25. The molecule has 1 heterocycles. The molecule has 0 spiro atoms. The number of esters is 1. The number of aromatic nitrogens is 1. The van der Waals surface area contributed by atoms with E-state index < -0.39 is 5.97 Å². The van der Waals surface area contributed by atoms with Gasteiger partial charge in [-0.05, 0) is 75.2 Å². The maximum absolute atomic E-state index is 12.3. The molecule has 0 aliphatic rings.